The summed E-state index contributed by atoms with van der Waals surface area (Å²) in [4.78, 5) is 0. The zero-order valence-corrected chi connectivity index (χ0v) is 19.1. The molecule has 3 aromatic rings. The summed E-state index contributed by atoms with van der Waals surface area (Å²) < 4.78 is 32.1. The van der Waals surface area contributed by atoms with Crippen LogP contribution in [0.25, 0.3) is 0 Å². The zero-order valence-electron chi connectivity index (χ0n) is 18.2. The third kappa shape index (κ3) is 5.25. The summed E-state index contributed by atoms with van der Waals surface area (Å²) >= 11 is 0. The predicted octanol–water partition coefficient (Wildman–Crippen LogP) is 7.45. The summed E-state index contributed by atoms with van der Waals surface area (Å²) in [6.07, 6.45) is 0. The number of hydrogen-bond donors (Lipinski definition) is 0. The Labute approximate surface area is 179 Å². The minimum atomic E-state index is -3.80. The van der Waals surface area contributed by atoms with Crippen LogP contribution in [-0.2, 0) is 9.98 Å². The monoisotopic (exact) mass is 424 g/mol. The first-order valence-electron chi connectivity index (χ1n) is 9.98. The van der Waals surface area contributed by atoms with Gasteiger partial charge in [-0.1, -0.05) is 69.3 Å². The van der Waals surface area contributed by atoms with Crippen LogP contribution in [0.2, 0.25) is 0 Å². The van der Waals surface area contributed by atoms with E-state index in [1.165, 1.54) is 5.56 Å². The van der Waals surface area contributed by atoms with E-state index in [1.807, 2.05) is 60.7 Å². The van der Waals surface area contributed by atoms with Gasteiger partial charge in [-0.15, -0.1) is 0 Å². The van der Waals surface area contributed by atoms with Crippen molar-refractivity contribution < 1.29 is 18.3 Å². The molecular formula is C25H29O4P. The van der Waals surface area contributed by atoms with Crippen LogP contribution < -0.4 is 13.8 Å². The molecule has 30 heavy (non-hydrogen) atoms. The first-order valence-corrected chi connectivity index (χ1v) is 11.5. The first kappa shape index (κ1) is 22.0. The molecule has 4 nitrogen and oxygen atoms in total. The van der Waals surface area contributed by atoms with Crippen LogP contribution in [0.5, 0.6) is 17.2 Å². The van der Waals surface area contributed by atoms with Gasteiger partial charge in [-0.05, 0) is 61.2 Å². The fourth-order valence-corrected chi connectivity index (χ4v) is 4.34. The van der Waals surface area contributed by atoms with Crippen molar-refractivity contribution in [3.63, 3.8) is 0 Å². The number of rotatable bonds is 7. The molecule has 0 radical (unpaired) electrons. The minimum Gasteiger partial charge on any atom is -0.473 e. The smallest absolute Gasteiger partial charge is 0.473 e. The molecule has 3 aromatic carbocycles. The van der Waals surface area contributed by atoms with Gasteiger partial charge in [-0.3, -0.25) is 0 Å². The maximum Gasteiger partial charge on any atom is 0.473 e. The number of hydrogen-bond acceptors (Lipinski definition) is 4. The lowest BCUT2D eigenvalue weighted by Crippen LogP contribution is -2.33. The average molecular weight is 424 g/mol. The summed E-state index contributed by atoms with van der Waals surface area (Å²) in [6.45, 7) is 9.90. The quantitative estimate of drug-likeness (QED) is 0.370. The average Bonchev–Trinajstić information content (AvgIpc) is 2.69. The zero-order chi connectivity index (χ0) is 21.8. The van der Waals surface area contributed by atoms with Crippen molar-refractivity contribution >= 4 is 7.60 Å². The van der Waals surface area contributed by atoms with Crippen LogP contribution in [0.1, 0.15) is 40.2 Å². The van der Waals surface area contributed by atoms with Gasteiger partial charge in [0.05, 0.1) is 0 Å². The SMILES string of the molecule is CC(C)(C)c1ccc(OC(C)(C)P(=O)(Oc2ccccc2)Oc2ccccc2)cc1. The molecule has 0 aliphatic carbocycles. The van der Waals surface area contributed by atoms with Crippen LogP contribution in [0.15, 0.2) is 84.9 Å². The van der Waals surface area contributed by atoms with E-state index in [0.717, 1.165) is 0 Å². The lowest BCUT2D eigenvalue weighted by molar-refractivity contribution is 0.157. The summed E-state index contributed by atoms with van der Waals surface area (Å²) in [5.41, 5.74) is 1.23. The third-order valence-corrected chi connectivity index (χ3v) is 7.00. The Morgan fingerprint density at radius 2 is 1.03 bits per heavy atom. The van der Waals surface area contributed by atoms with E-state index >= 15 is 0 Å². The highest BCUT2D eigenvalue weighted by Gasteiger charge is 2.49. The standard InChI is InChI=1S/C25H29O4P/c1-24(2,3)20-16-18-21(19-17-20)27-25(4,5)30(26,28-22-12-8-6-9-13-22)29-23-14-10-7-11-15-23/h6-19H,1-5H3. The summed E-state index contributed by atoms with van der Waals surface area (Å²) in [6, 6.07) is 25.8. The minimum absolute atomic E-state index is 0.0379. The van der Waals surface area contributed by atoms with Gasteiger partial charge in [0.25, 0.3) is 0 Å². The van der Waals surface area contributed by atoms with Gasteiger partial charge >= 0.3 is 7.60 Å². The Hall–Kier alpha value is -2.71. The molecule has 0 N–H and O–H groups in total. The van der Waals surface area contributed by atoms with Crippen molar-refractivity contribution in [3.05, 3.63) is 90.5 Å². The van der Waals surface area contributed by atoms with Crippen molar-refractivity contribution in [2.24, 2.45) is 0 Å². The molecule has 0 spiro atoms. The maximum atomic E-state index is 14.0. The second-order valence-electron chi connectivity index (χ2n) is 8.63. The Bertz CT molecular complexity index is 945. The van der Waals surface area contributed by atoms with Crippen molar-refractivity contribution in [2.45, 2.75) is 45.4 Å². The van der Waals surface area contributed by atoms with Crippen LogP contribution in [-0.4, -0.2) is 5.34 Å². The Morgan fingerprint density at radius 3 is 1.43 bits per heavy atom. The molecule has 0 atom stereocenters. The van der Waals surface area contributed by atoms with Gasteiger partial charge in [0, 0.05) is 0 Å². The van der Waals surface area contributed by atoms with Crippen molar-refractivity contribution in [3.8, 4) is 17.2 Å². The van der Waals surface area contributed by atoms with Gasteiger partial charge in [0.1, 0.15) is 17.2 Å². The lowest BCUT2D eigenvalue weighted by atomic mass is 9.87. The molecule has 5 heteroatoms. The molecule has 0 amide bonds. The largest absolute Gasteiger partial charge is 0.473 e. The maximum absolute atomic E-state index is 14.0. The predicted molar refractivity (Wildman–Crippen MR) is 122 cm³/mol. The molecule has 0 unspecified atom stereocenters. The van der Waals surface area contributed by atoms with Gasteiger partial charge in [-0.2, -0.15) is 0 Å². The van der Waals surface area contributed by atoms with E-state index in [-0.39, 0.29) is 5.41 Å². The van der Waals surface area contributed by atoms with Crippen LogP contribution in [0.4, 0.5) is 0 Å². The number of para-hydroxylation sites is 2. The Balaban J connectivity index is 1.91. The second-order valence-corrected chi connectivity index (χ2v) is 11.1. The van der Waals surface area contributed by atoms with E-state index in [1.54, 1.807) is 38.1 Å². The fourth-order valence-electron chi connectivity index (χ4n) is 2.85. The van der Waals surface area contributed by atoms with Gasteiger partial charge in [-0.25, -0.2) is 4.57 Å². The molecule has 158 valence electrons. The topological polar surface area (TPSA) is 44.8 Å². The van der Waals surface area contributed by atoms with Gasteiger partial charge in [0.15, 0.2) is 0 Å². The highest BCUT2D eigenvalue weighted by Crippen LogP contribution is 2.59. The van der Waals surface area contributed by atoms with Crippen LogP contribution in [0.3, 0.4) is 0 Å². The molecular weight excluding hydrogens is 395 g/mol. The summed E-state index contributed by atoms with van der Waals surface area (Å²) in [5.74, 6) is 1.51. The molecule has 0 saturated heterocycles. The molecule has 0 aliphatic rings. The van der Waals surface area contributed by atoms with E-state index in [4.69, 9.17) is 13.8 Å². The highest BCUT2D eigenvalue weighted by atomic mass is 31.2. The highest BCUT2D eigenvalue weighted by molar-refractivity contribution is 7.56. The molecule has 0 fully saturated rings. The lowest BCUT2D eigenvalue weighted by Gasteiger charge is -2.33. The molecule has 0 aromatic heterocycles. The molecule has 0 bridgehead atoms. The first-order chi connectivity index (χ1) is 14.1. The van der Waals surface area contributed by atoms with Gasteiger partial charge < -0.3 is 13.8 Å². The Morgan fingerprint density at radius 1 is 0.600 bits per heavy atom. The Kier molecular flexibility index (Phi) is 6.28. The molecule has 0 aliphatic heterocycles. The molecule has 3 rings (SSSR count). The molecule has 0 saturated carbocycles. The molecule has 0 heterocycles. The summed E-state index contributed by atoms with van der Waals surface area (Å²) in [7, 11) is -3.80. The van der Waals surface area contributed by atoms with E-state index in [9.17, 15) is 4.57 Å². The van der Waals surface area contributed by atoms with E-state index in [2.05, 4.69) is 20.8 Å². The van der Waals surface area contributed by atoms with Crippen LogP contribution in [0, 0.1) is 0 Å². The number of ether oxygens (including phenoxy) is 1. The third-order valence-electron chi connectivity index (χ3n) is 4.69. The van der Waals surface area contributed by atoms with Gasteiger partial charge in [0.2, 0.25) is 5.34 Å². The summed E-state index contributed by atoms with van der Waals surface area (Å²) in [5, 5.41) is -1.25. The van der Waals surface area contributed by atoms with E-state index < -0.39 is 12.9 Å². The van der Waals surface area contributed by atoms with Crippen molar-refractivity contribution in [1.82, 2.24) is 0 Å². The van der Waals surface area contributed by atoms with E-state index in [0.29, 0.717) is 17.2 Å². The number of benzene rings is 3. The van der Waals surface area contributed by atoms with Crippen LogP contribution >= 0.6 is 7.60 Å². The second kappa shape index (κ2) is 8.57. The fraction of sp³-hybridized carbons (Fsp3) is 0.280. The van der Waals surface area contributed by atoms with Crippen molar-refractivity contribution in [2.75, 3.05) is 0 Å². The normalized spacial score (nSPS) is 12.3. The van der Waals surface area contributed by atoms with Crippen molar-refractivity contribution in [1.29, 1.82) is 0 Å².